The standard InChI is InChI=1S/C12H11NO/c1-9(10(2)14)7-11-5-3-4-6-12(11)8-13/h3-7H,1-2H3/b9-7+. The van der Waals surface area contributed by atoms with Crippen LogP contribution in [0.1, 0.15) is 25.0 Å². The summed E-state index contributed by atoms with van der Waals surface area (Å²) in [5.41, 5.74) is 2.04. The second kappa shape index (κ2) is 4.38. The zero-order valence-corrected chi connectivity index (χ0v) is 8.24. The predicted molar refractivity (Wildman–Crippen MR) is 55.5 cm³/mol. The van der Waals surface area contributed by atoms with Gasteiger partial charge in [0, 0.05) is 0 Å². The Kier molecular flexibility index (Phi) is 3.19. The van der Waals surface area contributed by atoms with Crippen LogP contribution in [-0.4, -0.2) is 5.78 Å². The van der Waals surface area contributed by atoms with Gasteiger partial charge in [0.25, 0.3) is 0 Å². The van der Waals surface area contributed by atoms with Gasteiger partial charge in [-0.25, -0.2) is 0 Å². The second-order valence-electron chi connectivity index (χ2n) is 3.08. The van der Waals surface area contributed by atoms with E-state index in [1.165, 1.54) is 6.92 Å². The summed E-state index contributed by atoms with van der Waals surface area (Å²) in [4.78, 5) is 11.0. The lowest BCUT2D eigenvalue weighted by atomic mass is 10.0. The van der Waals surface area contributed by atoms with E-state index in [2.05, 4.69) is 6.07 Å². The van der Waals surface area contributed by atoms with Crippen molar-refractivity contribution in [2.75, 3.05) is 0 Å². The van der Waals surface area contributed by atoms with Gasteiger partial charge >= 0.3 is 0 Å². The molecule has 0 aliphatic rings. The van der Waals surface area contributed by atoms with Gasteiger partial charge in [0.15, 0.2) is 5.78 Å². The highest BCUT2D eigenvalue weighted by Gasteiger charge is 2.00. The summed E-state index contributed by atoms with van der Waals surface area (Å²) in [7, 11) is 0. The van der Waals surface area contributed by atoms with E-state index < -0.39 is 0 Å². The van der Waals surface area contributed by atoms with Crippen LogP contribution in [0.5, 0.6) is 0 Å². The molecule has 1 rings (SSSR count). The molecule has 0 bridgehead atoms. The van der Waals surface area contributed by atoms with Crippen LogP contribution in [0, 0.1) is 11.3 Å². The zero-order valence-electron chi connectivity index (χ0n) is 8.24. The third-order valence-electron chi connectivity index (χ3n) is 2.01. The number of carbonyl (C=O) groups is 1. The van der Waals surface area contributed by atoms with E-state index >= 15 is 0 Å². The fourth-order valence-electron chi connectivity index (χ4n) is 1.06. The molecule has 0 aliphatic heterocycles. The Hall–Kier alpha value is -1.88. The first-order valence-corrected chi connectivity index (χ1v) is 4.33. The van der Waals surface area contributed by atoms with Crippen molar-refractivity contribution in [1.29, 1.82) is 5.26 Å². The quantitative estimate of drug-likeness (QED) is 0.664. The lowest BCUT2D eigenvalue weighted by molar-refractivity contribution is -0.113. The Morgan fingerprint density at radius 2 is 2.00 bits per heavy atom. The van der Waals surface area contributed by atoms with Gasteiger partial charge in [0.05, 0.1) is 11.6 Å². The molecule has 0 saturated heterocycles. The van der Waals surface area contributed by atoms with Gasteiger partial charge in [0.1, 0.15) is 0 Å². The number of rotatable bonds is 2. The molecule has 0 N–H and O–H groups in total. The molecule has 70 valence electrons. The summed E-state index contributed by atoms with van der Waals surface area (Å²) in [6, 6.07) is 9.30. The van der Waals surface area contributed by atoms with Crippen LogP contribution in [0.4, 0.5) is 0 Å². The molecule has 0 aromatic heterocycles. The monoisotopic (exact) mass is 185 g/mol. The maximum atomic E-state index is 11.0. The van der Waals surface area contributed by atoms with Gasteiger partial charge in [-0.3, -0.25) is 4.79 Å². The summed E-state index contributed by atoms with van der Waals surface area (Å²) < 4.78 is 0. The first-order chi connectivity index (χ1) is 6.65. The van der Waals surface area contributed by atoms with Gasteiger partial charge in [-0.05, 0) is 37.1 Å². The van der Waals surface area contributed by atoms with E-state index in [1.807, 2.05) is 12.1 Å². The molecule has 0 unspecified atom stereocenters. The van der Waals surface area contributed by atoms with E-state index in [1.54, 1.807) is 25.1 Å². The minimum absolute atomic E-state index is 0.0257. The van der Waals surface area contributed by atoms with Crippen LogP contribution in [0.15, 0.2) is 29.8 Å². The van der Waals surface area contributed by atoms with Crippen molar-refractivity contribution in [3.05, 3.63) is 41.0 Å². The van der Waals surface area contributed by atoms with Crippen LogP contribution < -0.4 is 0 Å². The average molecular weight is 185 g/mol. The topological polar surface area (TPSA) is 40.9 Å². The molecular weight excluding hydrogens is 174 g/mol. The highest BCUT2D eigenvalue weighted by molar-refractivity contribution is 5.97. The number of nitriles is 1. The molecule has 0 amide bonds. The minimum atomic E-state index is 0.0257. The van der Waals surface area contributed by atoms with E-state index in [4.69, 9.17) is 5.26 Å². The Labute approximate surface area is 83.5 Å². The Morgan fingerprint density at radius 1 is 1.36 bits per heavy atom. The summed E-state index contributed by atoms with van der Waals surface area (Å²) in [6.45, 7) is 3.26. The maximum Gasteiger partial charge on any atom is 0.155 e. The fourth-order valence-corrected chi connectivity index (χ4v) is 1.06. The van der Waals surface area contributed by atoms with Crippen LogP contribution in [0.25, 0.3) is 6.08 Å². The molecule has 2 nitrogen and oxygen atoms in total. The molecule has 0 heterocycles. The average Bonchev–Trinajstić information content (AvgIpc) is 2.18. The second-order valence-corrected chi connectivity index (χ2v) is 3.08. The lowest BCUT2D eigenvalue weighted by Crippen LogP contribution is -1.91. The summed E-state index contributed by atoms with van der Waals surface area (Å²) in [5, 5.41) is 8.81. The Morgan fingerprint density at radius 3 is 2.57 bits per heavy atom. The number of hydrogen-bond donors (Lipinski definition) is 0. The molecule has 1 aromatic carbocycles. The number of benzene rings is 1. The number of Topliss-reactive ketones (excluding diaryl/α,β-unsaturated/α-hetero) is 1. The highest BCUT2D eigenvalue weighted by atomic mass is 16.1. The van der Waals surface area contributed by atoms with E-state index in [0.717, 1.165) is 5.56 Å². The van der Waals surface area contributed by atoms with Gasteiger partial charge in [0.2, 0.25) is 0 Å². The summed E-state index contributed by atoms with van der Waals surface area (Å²) in [5.74, 6) is 0.0257. The van der Waals surface area contributed by atoms with Crippen LogP contribution in [0.3, 0.4) is 0 Å². The van der Waals surface area contributed by atoms with Crippen molar-refractivity contribution in [1.82, 2.24) is 0 Å². The van der Waals surface area contributed by atoms with E-state index in [0.29, 0.717) is 11.1 Å². The molecule has 0 atom stereocenters. The molecule has 0 fully saturated rings. The van der Waals surface area contributed by atoms with E-state index in [-0.39, 0.29) is 5.78 Å². The minimum Gasteiger partial charge on any atom is -0.295 e. The number of nitrogens with zero attached hydrogens (tertiary/aromatic N) is 1. The lowest BCUT2D eigenvalue weighted by Gasteiger charge is -1.98. The van der Waals surface area contributed by atoms with Crippen LogP contribution >= 0.6 is 0 Å². The van der Waals surface area contributed by atoms with Gasteiger partial charge in [-0.1, -0.05) is 18.2 Å². The molecule has 0 spiro atoms. The zero-order chi connectivity index (χ0) is 10.6. The SMILES string of the molecule is CC(=O)/C(C)=C/c1ccccc1C#N. The van der Waals surface area contributed by atoms with Crippen molar-refractivity contribution in [3.8, 4) is 6.07 Å². The normalized spacial score (nSPS) is 10.8. The number of hydrogen-bond acceptors (Lipinski definition) is 2. The molecule has 0 saturated carbocycles. The third-order valence-corrected chi connectivity index (χ3v) is 2.01. The molecule has 14 heavy (non-hydrogen) atoms. The molecule has 0 radical (unpaired) electrons. The van der Waals surface area contributed by atoms with Crippen molar-refractivity contribution in [3.63, 3.8) is 0 Å². The van der Waals surface area contributed by atoms with Crippen LogP contribution in [0.2, 0.25) is 0 Å². The van der Waals surface area contributed by atoms with Gasteiger partial charge in [-0.2, -0.15) is 5.26 Å². The predicted octanol–water partition coefficient (Wildman–Crippen LogP) is 2.55. The van der Waals surface area contributed by atoms with Crippen molar-refractivity contribution < 1.29 is 4.79 Å². The molecule has 1 aromatic rings. The number of ketones is 1. The number of allylic oxidation sites excluding steroid dienone is 1. The van der Waals surface area contributed by atoms with Crippen molar-refractivity contribution >= 4 is 11.9 Å². The number of carbonyl (C=O) groups excluding carboxylic acids is 1. The van der Waals surface area contributed by atoms with Gasteiger partial charge in [-0.15, -0.1) is 0 Å². The Balaban J connectivity index is 3.15. The van der Waals surface area contributed by atoms with Crippen molar-refractivity contribution in [2.45, 2.75) is 13.8 Å². The fraction of sp³-hybridized carbons (Fsp3) is 0.167. The van der Waals surface area contributed by atoms with Gasteiger partial charge < -0.3 is 0 Å². The van der Waals surface area contributed by atoms with Crippen molar-refractivity contribution in [2.24, 2.45) is 0 Å². The largest absolute Gasteiger partial charge is 0.295 e. The van der Waals surface area contributed by atoms with E-state index in [9.17, 15) is 4.79 Å². The maximum absolute atomic E-state index is 11.0. The molecule has 2 heteroatoms. The first-order valence-electron chi connectivity index (χ1n) is 4.33. The van der Waals surface area contributed by atoms with Crippen LogP contribution in [-0.2, 0) is 4.79 Å². The summed E-state index contributed by atoms with van der Waals surface area (Å²) >= 11 is 0. The highest BCUT2D eigenvalue weighted by Crippen LogP contribution is 2.12. The summed E-state index contributed by atoms with van der Waals surface area (Å²) in [6.07, 6.45) is 1.74. The molecule has 0 aliphatic carbocycles. The first kappa shape index (κ1) is 10.2. The smallest absolute Gasteiger partial charge is 0.155 e. The Bertz CT molecular complexity index is 424. The third kappa shape index (κ3) is 2.30. The molecular formula is C12H11NO.